The van der Waals surface area contributed by atoms with Crippen molar-refractivity contribution in [2.75, 3.05) is 0 Å². The molecule has 1 fully saturated rings. The van der Waals surface area contributed by atoms with Gasteiger partial charge in [-0.1, -0.05) is 42.5 Å². The zero-order valence-electron chi connectivity index (χ0n) is 11.5. The van der Waals surface area contributed by atoms with Crippen molar-refractivity contribution in [1.29, 1.82) is 0 Å². The lowest BCUT2D eigenvalue weighted by Gasteiger charge is -2.09. The highest BCUT2D eigenvalue weighted by atomic mass is 16.1. The third kappa shape index (κ3) is 2.64. The largest absolute Gasteiger partial charge is 0.300 e. The lowest BCUT2D eigenvalue weighted by Crippen LogP contribution is -2.04. The smallest absolute Gasteiger partial charge is 0.163 e. The van der Waals surface area contributed by atoms with Crippen LogP contribution in [0, 0.1) is 5.92 Å². The van der Waals surface area contributed by atoms with Gasteiger partial charge in [0, 0.05) is 24.8 Å². The molecule has 2 heteroatoms. The van der Waals surface area contributed by atoms with Crippen molar-refractivity contribution in [3.8, 4) is 0 Å². The molecule has 0 amide bonds. The molecule has 0 radical (unpaired) electrons. The predicted octanol–water partition coefficient (Wildman–Crippen LogP) is 4.17. The monoisotopic (exact) mass is 266 g/mol. The lowest BCUT2D eigenvalue weighted by atomic mass is 9.95. The van der Waals surface area contributed by atoms with Gasteiger partial charge in [-0.05, 0) is 29.5 Å². The van der Waals surface area contributed by atoms with Gasteiger partial charge in [0.25, 0.3) is 0 Å². The Morgan fingerprint density at radius 3 is 2.70 bits per heavy atom. The highest BCUT2D eigenvalue weighted by Gasteiger charge is 2.22. The summed E-state index contributed by atoms with van der Waals surface area (Å²) in [5.41, 5.74) is 0.812. The molecule has 2 nitrogen and oxygen atoms in total. The van der Waals surface area contributed by atoms with Gasteiger partial charge in [0.2, 0.25) is 0 Å². The summed E-state index contributed by atoms with van der Waals surface area (Å²) in [5, 5.41) is 2.14. The Hall–Kier alpha value is -1.96. The molecule has 1 atom stereocenters. The first-order chi connectivity index (χ1) is 9.74. The predicted molar refractivity (Wildman–Crippen MR) is 79.9 cm³/mol. The maximum Gasteiger partial charge on any atom is 0.163 e. The standard InChI is InChI=1S/C18H18O2/c19-15-10-8-13(12-15)9-11-18(20)17-7-3-5-14-4-1-2-6-16(14)17/h1-7,13H,8-12H2. The van der Waals surface area contributed by atoms with Crippen LogP contribution in [0.4, 0.5) is 0 Å². The molecule has 1 saturated carbocycles. The van der Waals surface area contributed by atoms with Crippen molar-refractivity contribution in [1.82, 2.24) is 0 Å². The second-order valence-corrected chi connectivity index (χ2v) is 5.64. The number of rotatable bonds is 4. The molecule has 2 aromatic rings. The lowest BCUT2D eigenvalue weighted by molar-refractivity contribution is -0.117. The van der Waals surface area contributed by atoms with E-state index in [0.29, 0.717) is 31.0 Å². The highest BCUT2D eigenvalue weighted by molar-refractivity contribution is 6.08. The molecule has 2 aromatic carbocycles. The summed E-state index contributed by atoms with van der Waals surface area (Å²) in [6.45, 7) is 0. The molecular weight excluding hydrogens is 248 g/mol. The number of hydrogen-bond acceptors (Lipinski definition) is 2. The molecule has 1 aliphatic rings. The quantitative estimate of drug-likeness (QED) is 0.778. The Labute approximate surface area is 118 Å². The fourth-order valence-electron chi connectivity index (χ4n) is 3.08. The van der Waals surface area contributed by atoms with Crippen LogP contribution < -0.4 is 0 Å². The maximum absolute atomic E-state index is 12.4. The zero-order chi connectivity index (χ0) is 13.9. The first-order valence-electron chi connectivity index (χ1n) is 7.27. The summed E-state index contributed by atoms with van der Waals surface area (Å²) >= 11 is 0. The van der Waals surface area contributed by atoms with Gasteiger partial charge in [0.05, 0.1) is 0 Å². The minimum Gasteiger partial charge on any atom is -0.300 e. The molecular formula is C18H18O2. The average molecular weight is 266 g/mol. The molecule has 0 spiro atoms. The van der Waals surface area contributed by atoms with Crippen molar-refractivity contribution in [3.63, 3.8) is 0 Å². The van der Waals surface area contributed by atoms with E-state index in [1.54, 1.807) is 0 Å². The molecule has 0 N–H and O–H groups in total. The van der Waals surface area contributed by atoms with Crippen LogP contribution in [0.5, 0.6) is 0 Å². The van der Waals surface area contributed by atoms with E-state index in [2.05, 4.69) is 0 Å². The van der Waals surface area contributed by atoms with Gasteiger partial charge in [-0.25, -0.2) is 0 Å². The van der Waals surface area contributed by atoms with E-state index in [9.17, 15) is 9.59 Å². The first-order valence-corrected chi connectivity index (χ1v) is 7.27. The summed E-state index contributed by atoms with van der Waals surface area (Å²) < 4.78 is 0. The zero-order valence-corrected chi connectivity index (χ0v) is 11.5. The molecule has 1 unspecified atom stereocenters. The molecule has 0 aromatic heterocycles. The van der Waals surface area contributed by atoms with Gasteiger partial charge in [-0.3, -0.25) is 9.59 Å². The first kappa shape index (κ1) is 13.0. The minimum absolute atomic E-state index is 0.196. The van der Waals surface area contributed by atoms with E-state index < -0.39 is 0 Å². The fraction of sp³-hybridized carbons (Fsp3) is 0.333. The molecule has 0 heterocycles. The third-order valence-corrected chi connectivity index (χ3v) is 4.22. The maximum atomic E-state index is 12.4. The van der Waals surface area contributed by atoms with Crippen LogP contribution in [-0.2, 0) is 4.79 Å². The molecule has 20 heavy (non-hydrogen) atoms. The van der Waals surface area contributed by atoms with Gasteiger partial charge >= 0.3 is 0 Å². The topological polar surface area (TPSA) is 34.1 Å². The Balaban J connectivity index is 1.74. The summed E-state index contributed by atoms with van der Waals surface area (Å²) in [6, 6.07) is 13.9. The second-order valence-electron chi connectivity index (χ2n) is 5.64. The van der Waals surface area contributed by atoms with Gasteiger partial charge < -0.3 is 0 Å². The second kappa shape index (κ2) is 5.58. The number of Topliss-reactive ketones (excluding diaryl/α,β-unsaturated/α-hetero) is 2. The molecule has 0 bridgehead atoms. The average Bonchev–Trinajstić information content (AvgIpc) is 2.90. The molecule has 3 rings (SSSR count). The van der Waals surface area contributed by atoms with Gasteiger partial charge in [0.1, 0.15) is 5.78 Å². The molecule has 102 valence electrons. The van der Waals surface area contributed by atoms with E-state index >= 15 is 0 Å². The van der Waals surface area contributed by atoms with Crippen molar-refractivity contribution in [2.24, 2.45) is 5.92 Å². The van der Waals surface area contributed by atoms with E-state index in [1.165, 1.54) is 0 Å². The Kier molecular flexibility index (Phi) is 3.64. The van der Waals surface area contributed by atoms with Gasteiger partial charge in [0.15, 0.2) is 5.78 Å². The van der Waals surface area contributed by atoms with Crippen molar-refractivity contribution in [3.05, 3.63) is 48.0 Å². The minimum atomic E-state index is 0.196. The normalized spacial score (nSPS) is 18.6. The number of fused-ring (bicyclic) bond motifs is 1. The van der Waals surface area contributed by atoms with Crippen LogP contribution in [0.3, 0.4) is 0 Å². The van der Waals surface area contributed by atoms with Crippen molar-refractivity contribution >= 4 is 22.3 Å². The van der Waals surface area contributed by atoms with Crippen molar-refractivity contribution in [2.45, 2.75) is 32.1 Å². The summed E-state index contributed by atoms with van der Waals surface area (Å²) in [5.74, 6) is 0.968. The molecule has 0 saturated heterocycles. The van der Waals surface area contributed by atoms with E-state index in [0.717, 1.165) is 29.2 Å². The number of ketones is 2. The van der Waals surface area contributed by atoms with E-state index in [1.807, 2.05) is 42.5 Å². The summed E-state index contributed by atoms with van der Waals surface area (Å²) in [7, 11) is 0. The Morgan fingerprint density at radius 1 is 1.10 bits per heavy atom. The molecule has 0 aliphatic heterocycles. The summed E-state index contributed by atoms with van der Waals surface area (Å²) in [6.07, 6.45) is 3.72. The van der Waals surface area contributed by atoms with Gasteiger partial charge in [-0.15, -0.1) is 0 Å². The number of carbonyl (C=O) groups is 2. The van der Waals surface area contributed by atoms with Gasteiger partial charge in [-0.2, -0.15) is 0 Å². The van der Waals surface area contributed by atoms with Crippen LogP contribution in [0.2, 0.25) is 0 Å². The fourth-order valence-corrected chi connectivity index (χ4v) is 3.08. The van der Waals surface area contributed by atoms with Crippen LogP contribution in [0.1, 0.15) is 42.5 Å². The van der Waals surface area contributed by atoms with Crippen LogP contribution in [-0.4, -0.2) is 11.6 Å². The van der Waals surface area contributed by atoms with Crippen LogP contribution in [0.15, 0.2) is 42.5 Å². The number of carbonyl (C=O) groups excluding carboxylic acids is 2. The van der Waals surface area contributed by atoms with Crippen LogP contribution >= 0.6 is 0 Å². The van der Waals surface area contributed by atoms with Crippen LogP contribution in [0.25, 0.3) is 10.8 Å². The number of hydrogen-bond donors (Lipinski definition) is 0. The molecule has 1 aliphatic carbocycles. The third-order valence-electron chi connectivity index (χ3n) is 4.22. The Bertz CT molecular complexity index is 652. The SMILES string of the molecule is O=C1CCC(CCC(=O)c2cccc3ccccc23)C1. The van der Waals surface area contributed by atoms with E-state index in [-0.39, 0.29) is 5.78 Å². The number of benzene rings is 2. The summed E-state index contributed by atoms with van der Waals surface area (Å²) in [4.78, 5) is 23.7. The Morgan fingerprint density at radius 2 is 1.90 bits per heavy atom. The van der Waals surface area contributed by atoms with Crippen molar-refractivity contribution < 1.29 is 9.59 Å². The van der Waals surface area contributed by atoms with E-state index in [4.69, 9.17) is 0 Å². The highest BCUT2D eigenvalue weighted by Crippen LogP contribution is 2.27.